The zero-order valence-corrected chi connectivity index (χ0v) is 15.6. The minimum atomic E-state index is -0.0974. The molecule has 0 fully saturated rings. The molecule has 3 heteroatoms. The number of anilines is 1. The first-order valence-corrected chi connectivity index (χ1v) is 9.22. The van der Waals surface area contributed by atoms with Crippen LogP contribution in [0.2, 0.25) is 0 Å². The molecular formula is C22H29NO2. The summed E-state index contributed by atoms with van der Waals surface area (Å²) in [6.45, 7) is 7.01. The van der Waals surface area contributed by atoms with Gasteiger partial charge in [0.1, 0.15) is 5.75 Å². The fourth-order valence-corrected chi connectivity index (χ4v) is 2.68. The fraction of sp³-hybridized carbons (Fsp3) is 0.409. The Morgan fingerprint density at radius 1 is 0.960 bits per heavy atom. The smallest absolute Gasteiger partial charge is 0.255 e. The SMILES string of the molecule is CCCCCCCOc1ccc(C(=O)Nc2cccc(C)c2C)cc1. The van der Waals surface area contributed by atoms with E-state index < -0.39 is 0 Å². The third kappa shape index (κ3) is 5.93. The van der Waals surface area contributed by atoms with Gasteiger partial charge in [0.15, 0.2) is 0 Å². The van der Waals surface area contributed by atoms with Crippen LogP contribution in [0.5, 0.6) is 5.75 Å². The van der Waals surface area contributed by atoms with Crippen molar-refractivity contribution in [2.24, 2.45) is 0 Å². The van der Waals surface area contributed by atoms with Crippen LogP contribution >= 0.6 is 0 Å². The van der Waals surface area contributed by atoms with Gasteiger partial charge in [0, 0.05) is 11.3 Å². The molecule has 2 aromatic rings. The Kier molecular flexibility index (Phi) is 7.52. The van der Waals surface area contributed by atoms with Gasteiger partial charge in [0.05, 0.1) is 6.61 Å². The number of amides is 1. The Labute approximate surface area is 151 Å². The lowest BCUT2D eigenvalue weighted by Gasteiger charge is -2.11. The molecule has 0 bridgehead atoms. The van der Waals surface area contributed by atoms with Gasteiger partial charge in [-0.1, -0.05) is 44.7 Å². The summed E-state index contributed by atoms with van der Waals surface area (Å²) in [5.74, 6) is 0.721. The molecule has 25 heavy (non-hydrogen) atoms. The van der Waals surface area contributed by atoms with E-state index in [1.165, 1.54) is 31.2 Å². The summed E-state index contributed by atoms with van der Waals surface area (Å²) < 4.78 is 5.74. The Morgan fingerprint density at radius 3 is 2.40 bits per heavy atom. The van der Waals surface area contributed by atoms with Crippen LogP contribution in [0.4, 0.5) is 5.69 Å². The van der Waals surface area contributed by atoms with Crippen LogP contribution in [0, 0.1) is 13.8 Å². The van der Waals surface area contributed by atoms with Crippen LogP contribution < -0.4 is 10.1 Å². The summed E-state index contributed by atoms with van der Waals surface area (Å²) >= 11 is 0. The summed E-state index contributed by atoms with van der Waals surface area (Å²) in [7, 11) is 0. The van der Waals surface area contributed by atoms with Crippen LogP contribution in [-0.2, 0) is 0 Å². The van der Waals surface area contributed by atoms with Gasteiger partial charge in [0.2, 0.25) is 0 Å². The second-order valence-electron chi connectivity index (χ2n) is 6.49. The van der Waals surface area contributed by atoms with Crippen molar-refractivity contribution >= 4 is 11.6 Å². The Morgan fingerprint density at radius 2 is 1.68 bits per heavy atom. The summed E-state index contributed by atoms with van der Waals surface area (Å²) in [5.41, 5.74) is 3.76. The summed E-state index contributed by atoms with van der Waals surface area (Å²) in [4.78, 5) is 12.4. The third-order valence-electron chi connectivity index (χ3n) is 4.49. The molecule has 0 aliphatic heterocycles. The molecular weight excluding hydrogens is 310 g/mol. The monoisotopic (exact) mass is 339 g/mol. The highest BCUT2D eigenvalue weighted by molar-refractivity contribution is 6.04. The van der Waals surface area contributed by atoms with E-state index in [0.29, 0.717) is 5.56 Å². The molecule has 0 unspecified atom stereocenters. The van der Waals surface area contributed by atoms with Crippen LogP contribution in [0.1, 0.15) is 60.5 Å². The number of aryl methyl sites for hydroxylation is 1. The van der Waals surface area contributed by atoms with Crippen molar-refractivity contribution < 1.29 is 9.53 Å². The first kappa shape index (κ1) is 19.0. The molecule has 0 spiro atoms. The van der Waals surface area contributed by atoms with Crippen LogP contribution in [0.3, 0.4) is 0 Å². The Balaban J connectivity index is 1.84. The molecule has 2 rings (SSSR count). The van der Waals surface area contributed by atoms with E-state index in [4.69, 9.17) is 4.74 Å². The maximum atomic E-state index is 12.4. The second-order valence-corrected chi connectivity index (χ2v) is 6.49. The second kappa shape index (κ2) is 9.87. The van der Waals surface area contributed by atoms with E-state index in [2.05, 4.69) is 12.2 Å². The highest BCUT2D eigenvalue weighted by Gasteiger charge is 2.08. The maximum absolute atomic E-state index is 12.4. The lowest BCUT2D eigenvalue weighted by molar-refractivity contribution is 0.102. The van der Waals surface area contributed by atoms with Gasteiger partial charge >= 0.3 is 0 Å². The molecule has 0 radical (unpaired) electrons. The summed E-state index contributed by atoms with van der Waals surface area (Å²) in [6.07, 6.45) is 6.12. The summed E-state index contributed by atoms with van der Waals surface area (Å²) in [6, 6.07) is 13.3. The number of rotatable bonds is 9. The number of benzene rings is 2. The van der Waals surface area contributed by atoms with Gasteiger partial charge in [-0.3, -0.25) is 4.79 Å². The molecule has 3 nitrogen and oxygen atoms in total. The number of unbranched alkanes of at least 4 members (excludes halogenated alkanes) is 4. The molecule has 0 atom stereocenters. The van der Waals surface area contributed by atoms with E-state index in [-0.39, 0.29) is 5.91 Å². The minimum Gasteiger partial charge on any atom is -0.494 e. The third-order valence-corrected chi connectivity index (χ3v) is 4.49. The van der Waals surface area contributed by atoms with Gasteiger partial charge in [-0.25, -0.2) is 0 Å². The molecule has 1 amide bonds. The first-order chi connectivity index (χ1) is 12.1. The lowest BCUT2D eigenvalue weighted by Crippen LogP contribution is -2.13. The van der Waals surface area contributed by atoms with Gasteiger partial charge in [-0.05, 0) is 61.7 Å². The standard InChI is InChI=1S/C22H29NO2/c1-4-5-6-7-8-16-25-20-14-12-19(13-15-20)22(24)23-21-11-9-10-17(2)18(21)3/h9-15H,4-8,16H2,1-3H3,(H,23,24). The molecule has 0 saturated carbocycles. The van der Waals surface area contributed by atoms with E-state index in [9.17, 15) is 4.79 Å². The Hall–Kier alpha value is -2.29. The number of nitrogens with one attached hydrogen (secondary N) is 1. The molecule has 134 valence electrons. The molecule has 1 N–H and O–H groups in total. The maximum Gasteiger partial charge on any atom is 0.255 e. The minimum absolute atomic E-state index is 0.0974. The van der Waals surface area contributed by atoms with Crippen LogP contribution in [0.25, 0.3) is 0 Å². The average molecular weight is 339 g/mol. The van der Waals surface area contributed by atoms with Gasteiger partial charge in [0.25, 0.3) is 5.91 Å². The van der Waals surface area contributed by atoms with E-state index in [1.54, 1.807) is 0 Å². The lowest BCUT2D eigenvalue weighted by atomic mass is 10.1. The predicted molar refractivity (Wildman–Crippen MR) is 105 cm³/mol. The van der Waals surface area contributed by atoms with Crippen molar-refractivity contribution in [3.63, 3.8) is 0 Å². The number of hydrogen-bond acceptors (Lipinski definition) is 2. The molecule has 0 aliphatic rings. The predicted octanol–water partition coefficient (Wildman–Crippen LogP) is 5.90. The van der Waals surface area contributed by atoms with Crippen LogP contribution in [-0.4, -0.2) is 12.5 Å². The molecule has 0 saturated heterocycles. The van der Waals surface area contributed by atoms with Crippen molar-refractivity contribution in [1.29, 1.82) is 0 Å². The molecule has 0 heterocycles. The van der Waals surface area contributed by atoms with Crippen molar-refractivity contribution in [2.45, 2.75) is 52.9 Å². The zero-order valence-electron chi connectivity index (χ0n) is 15.6. The van der Waals surface area contributed by atoms with Crippen molar-refractivity contribution in [1.82, 2.24) is 0 Å². The average Bonchev–Trinajstić information content (AvgIpc) is 2.62. The van der Waals surface area contributed by atoms with Crippen LogP contribution in [0.15, 0.2) is 42.5 Å². The van der Waals surface area contributed by atoms with Gasteiger partial charge in [-0.15, -0.1) is 0 Å². The topological polar surface area (TPSA) is 38.3 Å². The normalized spacial score (nSPS) is 10.5. The first-order valence-electron chi connectivity index (χ1n) is 9.22. The van der Waals surface area contributed by atoms with Crippen molar-refractivity contribution in [3.8, 4) is 5.75 Å². The number of carbonyl (C=O) groups excluding carboxylic acids is 1. The zero-order chi connectivity index (χ0) is 18.1. The van der Waals surface area contributed by atoms with E-state index >= 15 is 0 Å². The van der Waals surface area contributed by atoms with Crippen molar-refractivity contribution in [3.05, 3.63) is 59.2 Å². The molecule has 0 aromatic heterocycles. The fourth-order valence-electron chi connectivity index (χ4n) is 2.68. The summed E-state index contributed by atoms with van der Waals surface area (Å²) in [5, 5.41) is 2.98. The number of ether oxygens (including phenoxy) is 1. The quantitative estimate of drug-likeness (QED) is 0.577. The van der Waals surface area contributed by atoms with Gasteiger partial charge < -0.3 is 10.1 Å². The number of carbonyl (C=O) groups is 1. The van der Waals surface area contributed by atoms with Crippen molar-refractivity contribution in [2.75, 3.05) is 11.9 Å². The highest BCUT2D eigenvalue weighted by atomic mass is 16.5. The van der Waals surface area contributed by atoms with E-state index in [1.807, 2.05) is 56.3 Å². The number of hydrogen-bond donors (Lipinski definition) is 1. The molecule has 0 aliphatic carbocycles. The largest absolute Gasteiger partial charge is 0.494 e. The molecule has 2 aromatic carbocycles. The highest BCUT2D eigenvalue weighted by Crippen LogP contribution is 2.20. The van der Waals surface area contributed by atoms with E-state index in [0.717, 1.165) is 30.0 Å². The Bertz CT molecular complexity index is 677. The van der Waals surface area contributed by atoms with Gasteiger partial charge in [-0.2, -0.15) is 0 Å².